The molecule has 9 aromatic carbocycles. The zero-order valence-corrected chi connectivity index (χ0v) is 38.7. The third kappa shape index (κ3) is 7.62. The molecule has 3 aromatic heterocycles. The van der Waals surface area contributed by atoms with Crippen LogP contribution in [0.5, 0.6) is 11.5 Å². The number of H-pyrrole nitrogens is 1. The summed E-state index contributed by atoms with van der Waals surface area (Å²) in [6.07, 6.45) is 1.92. The van der Waals surface area contributed by atoms with E-state index in [0.717, 1.165) is 100 Å². The Morgan fingerprint density at radius 3 is 1.72 bits per heavy atom. The van der Waals surface area contributed by atoms with Gasteiger partial charge in [-0.2, -0.15) is 0 Å². The van der Waals surface area contributed by atoms with Crippen LogP contribution in [0.4, 0.5) is 11.4 Å². The Labute approximate surface area is 401 Å². The summed E-state index contributed by atoms with van der Waals surface area (Å²) in [5, 5.41) is 8.49. The number of ether oxygens (including phenoxy) is 1. The van der Waals surface area contributed by atoms with E-state index in [9.17, 15) is 0 Å². The number of rotatable bonds is 8. The van der Waals surface area contributed by atoms with Gasteiger partial charge in [0.25, 0.3) is 0 Å². The molecular weight excluding hydrogens is 843 g/mol. The average Bonchev–Trinajstić information content (AvgIpc) is 3.71. The highest BCUT2D eigenvalue weighted by Gasteiger charge is 2.20. The zero-order valence-electron chi connectivity index (χ0n) is 38.7. The minimum absolute atomic E-state index is 0.0314. The minimum atomic E-state index is -0.0314. The van der Waals surface area contributed by atoms with Gasteiger partial charge in [0, 0.05) is 56.7 Å². The van der Waals surface area contributed by atoms with E-state index in [-0.39, 0.29) is 5.41 Å². The van der Waals surface area contributed by atoms with Gasteiger partial charge < -0.3 is 19.6 Å². The molecule has 69 heavy (non-hydrogen) atoms. The first-order chi connectivity index (χ1) is 33.9. The molecular formula is C63H49N5O. The van der Waals surface area contributed by atoms with Gasteiger partial charge in [-0.15, -0.1) is 0 Å². The second kappa shape index (κ2) is 17.1. The van der Waals surface area contributed by atoms with E-state index >= 15 is 0 Å². The largest absolute Gasteiger partial charge is 0.457 e. The van der Waals surface area contributed by atoms with Crippen molar-refractivity contribution in [2.45, 2.75) is 26.2 Å². The topological polar surface area (TPSA) is 59.8 Å². The summed E-state index contributed by atoms with van der Waals surface area (Å²) in [5.74, 6) is 2.30. The second-order valence-corrected chi connectivity index (χ2v) is 18.6. The van der Waals surface area contributed by atoms with Gasteiger partial charge in [-0.05, 0) is 88.8 Å². The summed E-state index contributed by atoms with van der Waals surface area (Å²) in [5.41, 5.74) is 14.7. The number of hydrogen-bond acceptors (Lipinski definition) is 3. The molecule has 0 unspecified atom stereocenters. The van der Waals surface area contributed by atoms with E-state index in [2.05, 4.69) is 265 Å². The number of aromatic amines is 1. The van der Waals surface area contributed by atoms with Crippen molar-refractivity contribution >= 4 is 66.0 Å². The fraction of sp³-hybridized carbons (Fsp3) is 0.0635. The molecule has 0 saturated heterocycles. The normalized spacial score (nSPS) is 11.7. The third-order valence-corrected chi connectivity index (χ3v) is 13.2. The van der Waals surface area contributed by atoms with Crippen LogP contribution < -0.4 is 10.1 Å². The molecule has 0 aliphatic rings. The molecule has 0 radical (unpaired) electrons. The average molecular weight is 892 g/mol. The lowest BCUT2D eigenvalue weighted by Crippen LogP contribution is -2.12. The monoisotopic (exact) mass is 891 g/mol. The van der Waals surface area contributed by atoms with Gasteiger partial charge >= 0.3 is 0 Å². The number of nitrogens with zero attached hydrogens (tertiary/aromatic N) is 3. The van der Waals surface area contributed by atoms with Crippen LogP contribution in [0.2, 0.25) is 0 Å². The number of nitrogens with one attached hydrogen (secondary N) is 2. The molecule has 0 spiro atoms. The fourth-order valence-electron chi connectivity index (χ4n) is 9.85. The Hall–Kier alpha value is -8.87. The maximum atomic E-state index is 6.94. The van der Waals surface area contributed by atoms with Crippen LogP contribution in [0.3, 0.4) is 0 Å². The molecule has 12 aromatic rings. The van der Waals surface area contributed by atoms with E-state index in [0.29, 0.717) is 5.75 Å². The van der Waals surface area contributed by atoms with Crippen LogP contribution in [-0.2, 0) is 5.41 Å². The first kappa shape index (κ1) is 41.6. The van der Waals surface area contributed by atoms with Crippen LogP contribution in [0.25, 0.3) is 88.4 Å². The van der Waals surface area contributed by atoms with Crippen molar-refractivity contribution in [3.05, 3.63) is 236 Å². The van der Waals surface area contributed by atoms with Crippen molar-refractivity contribution in [3.8, 4) is 45.3 Å². The second-order valence-electron chi connectivity index (χ2n) is 18.6. The van der Waals surface area contributed by atoms with Crippen molar-refractivity contribution in [2.75, 3.05) is 5.32 Å². The van der Waals surface area contributed by atoms with E-state index < -0.39 is 0 Å². The minimum Gasteiger partial charge on any atom is -0.457 e. The molecule has 0 fully saturated rings. The number of benzene rings is 9. The number of anilines is 2. The molecule has 0 aliphatic carbocycles. The van der Waals surface area contributed by atoms with Crippen molar-refractivity contribution in [1.29, 1.82) is 0 Å². The standard InChI is InChI=1S/C63H49N5O/c1-63(2,3)44-37-38-64-60(39-44)68-57-32-16-13-25-50(57)52-35-33-47(41-59(52)68)69-46-34-36-58-55(40-46)66-62-53(51-26-14-15-31-56(51)67(58)45-23-11-6-12-24-45)29-18-30-54(62)65-61-48(42-19-7-4-8-20-42)27-17-28-49(61)43-21-9-5-10-22-43/h4-41,65-66H,1-3H3. The number of pyridine rings is 1. The summed E-state index contributed by atoms with van der Waals surface area (Å²) in [6, 6.07) is 79.2. The van der Waals surface area contributed by atoms with E-state index in [1.165, 1.54) is 10.9 Å². The Kier molecular flexibility index (Phi) is 10.3. The lowest BCUT2D eigenvalue weighted by atomic mass is 9.88. The van der Waals surface area contributed by atoms with E-state index in [1.807, 2.05) is 6.20 Å². The third-order valence-electron chi connectivity index (χ3n) is 13.2. The number of hydrogen-bond donors (Lipinski definition) is 2. The summed E-state index contributed by atoms with van der Waals surface area (Å²) in [7, 11) is 0. The molecule has 0 saturated carbocycles. The summed E-state index contributed by atoms with van der Waals surface area (Å²) in [4.78, 5) is 8.93. The van der Waals surface area contributed by atoms with Gasteiger partial charge in [-0.3, -0.25) is 4.57 Å². The van der Waals surface area contributed by atoms with E-state index in [1.54, 1.807) is 0 Å². The molecule has 2 N–H and O–H groups in total. The molecule has 0 amide bonds. The highest BCUT2D eigenvalue weighted by Crippen LogP contribution is 2.42. The molecule has 0 bridgehead atoms. The number of aromatic nitrogens is 4. The highest BCUT2D eigenvalue weighted by atomic mass is 16.5. The van der Waals surface area contributed by atoms with Crippen LogP contribution in [0.15, 0.2) is 231 Å². The lowest BCUT2D eigenvalue weighted by molar-refractivity contribution is 0.484. The quantitative estimate of drug-likeness (QED) is 0.160. The molecule has 6 heteroatoms. The van der Waals surface area contributed by atoms with Crippen LogP contribution in [0, 0.1) is 0 Å². The van der Waals surface area contributed by atoms with Gasteiger partial charge in [-0.1, -0.05) is 166 Å². The van der Waals surface area contributed by atoms with Crippen LogP contribution in [-0.4, -0.2) is 19.1 Å². The molecule has 0 atom stereocenters. The molecule has 332 valence electrons. The van der Waals surface area contributed by atoms with Gasteiger partial charge in [0.1, 0.15) is 17.3 Å². The maximum Gasteiger partial charge on any atom is 0.137 e. The lowest BCUT2D eigenvalue weighted by Gasteiger charge is -2.20. The van der Waals surface area contributed by atoms with Gasteiger partial charge in [0.05, 0.1) is 44.5 Å². The van der Waals surface area contributed by atoms with Gasteiger partial charge in [-0.25, -0.2) is 4.98 Å². The van der Waals surface area contributed by atoms with Crippen molar-refractivity contribution < 1.29 is 4.74 Å². The van der Waals surface area contributed by atoms with Crippen LogP contribution in [0.1, 0.15) is 26.3 Å². The van der Waals surface area contributed by atoms with Crippen molar-refractivity contribution in [1.82, 2.24) is 19.1 Å². The van der Waals surface area contributed by atoms with Crippen molar-refractivity contribution in [3.63, 3.8) is 0 Å². The van der Waals surface area contributed by atoms with E-state index in [4.69, 9.17) is 9.72 Å². The Balaban J connectivity index is 1.07. The summed E-state index contributed by atoms with van der Waals surface area (Å²) in [6.45, 7) is 6.71. The first-order valence-corrected chi connectivity index (χ1v) is 23.5. The van der Waals surface area contributed by atoms with Crippen LogP contribution >= 0.6 is 0 Å². The SMILES string of the molecule is CC(C)(C)c1ccnc(-n2c3ccccc3c3ccc(Oc4ccc5c(c4)[nH]c4c(Nc6c(-c7ccccc7)cccc6-c6ccccc6)cccc4c4ccccc4n5-c4ccccc4)cc32)c1. The summed E-state index contributed by atoms with van der Waals surface area (Å²) >= 11 is 0. The Morgan fingerprint density at radius 1 is 0.464 bits per heavy atom. The fourth-order valence-corrected chi connectivity index (χ4v) is 9.85. The van der Waals surface area contributed by atoms with Gasteiger partial charge in [0.2, 0.25) is 0 Å². The first-order valence-electron chi connectivity index (χ1n) is 23.5. The Bertz CT molecular complexity index is 3880. The highest BCUT2D eigenvalue weighted by molar-refractivity contribution is 6.11. The molecule has 3 heterocycles. The molecule has 0 aliphatic heterocycles. The zero-order chi connectivity index (χ0) is 46.5. The Morgan fingerprint density at radius 2 is 1.03 bits per heavy atom. The summed E-state index contributed by atoms with van der Waals surface area (Å²) < 4.78 is 11.5. The number of para-hydroxylation sites is 5. The van der Waals surface area contributed by atoms with Crippen molar-refractivity contribution in [2.24, 2.45) is 0 Å². The predicted octanol–water partition coefficient (Wildman–Crippen LogP) is 17.0. The smallest absolute Gasteiger partial charge is 0.137 e. The molecule has 6 nitrogen and oxygen atoms in total. The predicted molar refractivity (Wildman–Crippen MR) is 288 cm³/mol. The number of fused-ring (bicyclic) bond motifs is 7. The van der Waals surface area contributed by atoms with Gasteiger partial charge in [0.15, 0.2) is 0 Å². The molecule has 12 rings (SSSR count). The maximum absolute atomic E-state index is 6.94.